The third-order valence-electron chi connectivity index (χ3n) is 2.83. The predicted molar refractivity (Wildman–Crippen MR) is 83.8 cm³/mol. The quantitative estimate of drug-likeness (QED) is 0.646. The van der Waals surface area contributed by atoms with Crippen molar-refractivity contribution >= 4 is 27.6 Å². The van der Waals surface area contributed by atoms with E-state index in [1.807, 2.05) is 54.6 Å². The lowest BCUT2D eigenvalue weighted by Crippen LogP contribution is -2.17. The summed E-state index contributed by atoms with van der Waals surface area (Å²) in [6.07, 6.45) is 0. The molecule has 0 saturated carbocycles. The van der Waals surface area contributed by atoms with Gasteiger partial charge in [-0.2, -0.15) is 0 Å². The number of ether oxygens (including phenoxy) is 1. The summed E-state index contributed by atoms with van der Waals surface area (Å²) >= 11 is 3.42. The number of carbonyl (C=O) groups excluding carboxylic acids is 1. The number of hydrogen-bond acceptors (Lipinski definition) is 3. The van der Waals surface area contributed by atoms with E-state index in [0.717, 1.165) is 22.1 Å². The number of anilines is 1. The van der Waals surface area contributed by atoms with Crippen LogP contribution in [-0.4, -0.2) is 12.5 Å². The van der Waals surface area contributed by atoms with E-state index in [1.165, 1.54) is 0 Å². The van der Waals surface area contributed by atoms with Crippen molar-refractivity contribution in [3.8, 4) is 0 Å². The number of carbonyl (C=O) groups is 1. The molecule has 0 aliphatic heterocycles. The first-order chi connectivity index (χ1) is 9.79. The summed E-state index contributed by atoms with van der Waals surface area (Å²) in [5, 5.41) is 3.84. The van der Waals surface area contributed by atoms with Crippen molar-refractivity contribution in [2.24, 2.45) is 0 Å². The summed E-state index contributed by atoms with van der Waals surface area (Å²) in [7, 11) is 0. The van der Waals surface area contributed by atoms with Crippen LogP contribution in [0.5, 0.6) is 0 Å². The first-order valence-electron chi connectivity index (χ1n) is 6.37. The zero-order chi connectivity index (χ0) is 14.2. The lowest BCUT2D eigenvalue weighted by molar-refractivity contribution is -0.142. The zero-order valence-corrected chi connectivity index (χ0v) is 12.6. The van der Waals surface area contributed by atoms with E-state index in [1.54, 1.807) is 0 Å². The third-order valence-corrected chi connectivity index (χ3v) is 3.43. The Kier molecular flexibility index (Phi) is 5.62. The van der Waals surface area contributed by atoms with Crippen LogP contribution in [-0.2, 0) is 21.5 Å². The van der Waals surface area contributed by atoms with Gasteiger partial charge in [-0.1, -0.05) is 64.5 Å². The molecule has 0 aliphatic carbocycles. The minimum absolute atomic E-state index is 0.164. The van der Waals surface area contributed by atoms with Crippen molar-refractivity contribution in [1.82, 2.24) is 0 Å². The maximum Gasteiger partial charge on any atom is 0.325 e. The molecule has 0 heterocycles. The highest BCUT2D eigenvalue weighted by Gasteiger charge is 2.05. The number of esters is 1. The van der Waals surface area contributed by atoms with E-state index in [0.29, 0.717) is 6.61 Å². The Balaban J connectivity index is 1.80. The predicted octanol–water partition coefficient (Wildman–Crippen LogP) is 3.74. The summed E-state index contributed by atoms with van der Waals surface area (Å²) < 4.78 is 5.21. The van der Waals surface area contributed by atoms with Crippen LogP contribution in [0.3, 0.4) is 0 Å². The van der Waals surface area contributed by atoms with Crippen LogP contribution in [0.15, 0.2) is 54.6 Å². The third kappa shape index (κ3) is 4.38. The number of rotatable bonds is 6. The summed E-state index contributed by atoms with van der Waals surface area (Å²) in [6.45, 7) is 0.471. The summed E-state index contributed by atoms with van der Waals surface area (Å²) in [5.41, 5.74) is 3.05. The van der Waals surface area contributed by atoms with E-state index >= 15 is 0 Å². The van der Waals surface area contributed by atoms with Crippen LogP contribution >= 0.6 is 15.9 Å². The van der Waals surface area contributed by atoms with Gasteiger partial charge in [-0.25, -0.2) is 0 Å². The molecule has 0 fully saturated rings. The normalized spacial score (nSPS) is 10.1. The minimum Gasteiger partial charge on any atom is -0.460 e. The average Bonchev–Trinajstić information content (AvgIpc) is 2.52. The topological polar surface area (TPSA) is 38.3 Å². The van der Waals surface area contributed by atoms with Crippen LogP contribution in [0.4, 0.5) is 5.69 Å². The van der Waals surface area contributed by atoms with Crippen LogP contribution in [0.1, 0.15) is 11.1 Å². The van der Waals surface area contributed by atoms with Crippen LogP contribution in [0.2, 0.25) is 0 Å². The maximum atomic E-state index is 11.7. The van der Waals surface area contributed by atoms with Gasteiger partial charge in [-0.3, -0.25) is 4.79 Å². The monoisotopic (exact) mass is 333 g/mol. The van der Waals surface area contributed by atoms with Crippen LogP contribution in [0.25, 0.3) is 0 Å². The molecule has 4 heteroatoms. The van der Waals surface area contributed by atoms with E-state index in [2.05, 4.69) is 21.2 Å². The van der Waals surface area contributed by atoms with Crippen molar-refractivity contribution in [3.05, 3.63) is 65.7 Å². The molecule has 0 unspecified atom stereocenters. The SMILES string of the molecule is O=C(CNc1ccccc1CBr)OCc1ccccc1. The standard InChI is InChI=1S/C16H16BrNO2/c17-10-14-8-4-5-9-15(14)18-11-16(19)20-12-13-6-2-1-3-7-13/h1-9,18H,10-12H2. The molecule has 0 spiro atoms. The number of para-hydroxylation sites is 1. The van der Waals surface area contributed by atoms with Crippen LogP contribution in [0, 0.1) is 0 Å². The van der Waals surface area contributed by atoms with Gasteiger partial charge in [0.05, 0.1) is 0 Å². The maximum absolute atomic E-state index is 11.7. The lowest BCUT2D eigenvalue weighted by Gasteiger charge is -2.10. The van der Waals surface area contributed by atoms with Crippen molar-refractivity contribution in [1.29, 1.82) is 0 Å². The molecule has 0 amide bonds. The van der Waals surface area contributed by atoms with E-state index in [-0.39, 0.29) is 12.5 Å². The fourth-order valence-corrected chi connectivity index (χ4v) is 2.25. The Labute approximate surface area is 127 Å². The van der Waals surface area contributed by atoms with E-state index < -0.39 is 0 Å². The van der Waals surface area contributed by atoms with Gasteiger partial charge in [0.2, 0.25) is 0 Å². The van der Waals surface area contributed by atoms with Gasteiger partial charge in [0.1, 0.15) is 13.2 Å². The first kappa shape index (κ1) is 14.6. The Bertz CT molecular complexity index is 557. The zero-order valence-electron chi connectivity index (χ0n) is 11.0. The largest absolute Gasteiger partial charge is 0.460 e. The summed E-state index contributed by atoms with van der Waals surface area (Å²) in [5.74, 6) is -0.266. The molecule has 2 rings (SSSR count). The summed E-state index contributed by atoms with van der Waals surface area (Å²) in [6, 6.07) is 17.5. The molecule has 1 N–H and O–H groups in total. The molecule has 2 aromatic rings. The Hall–Kier alpha value is -1.81. The molecule has 0 radical (unpaired) electrons. The van der Waals surface area contributed by atoms with Gasteiger partial charge in [-0.05, 0) is 17.2 Å². The van der Waals surface area contributed by atoms with Crippen molar-refractivity contribution < 1.29 is 9.53 Å². The van der Waals surface area contributed by atoms with Gasteiger partial charge < -0.3 is 10.1 Å². The second kappa shape index (κ2) is 7.70. The second-order valence-electron chi connectivity index (χ2n) is 4.29. The Morgan fingerprint density at radius 3 is 2.50 bits per heavy atom. The van der Waals surface area contributed by atoms with Crippen molar-refractivity contribution in [2.75, 3.05) is 11.9 Å². The molecular formula is C16H16BrNO2. The molecular weight excluding hydrogens is 318 g/mol. The number of nitrogens with one attached hydrogen (secondary N) is 1. The second-order valence-corrected chi connectivity index (χ2v) is 4.85. The number of benzene rings is 2. The molecule has 2 aromatic carbocycles. The molecule has 0 aromatic heterocycles. The average molecular weight is 334 g/mol. The fourth-order valence-electron chi connectivity index (χ4n) is 1.77. The highest BCUT2D eigenvalue weighted by Crippen LogP contribution is 2.17. The molecule has 0 aliphatic rings. The fraction of sp³-hybridized carbons (Fsp3) is 0.188. The molecule has 3 nitrogen and oxygen atoms in total. The van der Waals surface area contributed by atoms with Crippen molar-refractivity contribution in [2.45, 2.75) is 11.9 Å². The summed E-state index contributed by atoms with van der Waals surface area (Å²) in [4.78, 5) is 11.7. The van der Waals surface area contributed by atoms with Gasteiger partial charge in [0.15, 0.2) is 0 Å². The Morgan fingerprint density at radius 1 is 1.05 bits per heavy atom. The molecule has 104 valence electrons. The minimum atomic E-state index is -0.266. The number of alkyl halides is 1. The van der Waals surface area contributed by atoms with Gasteiger partial charge in [0, 0.05) is 11.0 Å². The molecule has 0 saturated heterocycles. The van der Waals surface area contributed by atoms with Crippen molar-refractivity contribution in [3.63, 3.8) is 0 Å². The number of hydrogen-bond donors (Lipinski definition) is 1. The van der Waals surface area contributed by atoms with Gasteiger partial charge in [0.25, 0.3) is 0 Å². The molecule has 20 heavy (non-hydrogen) atoms. The lowest BCUT2D eigenvalue weighted by atomic mass is 10.2. The smallest absolute Gasteiger partial charge is 0.325 e. The molecule has 0 atom stereocenters. The van der Waals surface area contributed by atoms with Gasteiger partial charge in [-0.15, -0.1) is 0 Å². The van der Waals surface area contributed by atoms with E-state index in [4.69, 9.17) is 4.74 Å². The highest BCUT2D eigenvalue weighted by atomic mass is 79.9. The first-order valence-corrected chi connectivity index (χ1v) is 7.49. The molecule has 0 bridgehead atoms. The Morgan fingerprint density at radius 2 is 1.75 bits per heavy atom. The van der Waals surface area contributed by atoms with Crippen LogP contribution < -0.4 is 5.32 Å². The highest BCUT2D eigenvalue weighted by molar-refractivity contribution is 9.08. The van der Waals surface area contributed by atoms with Gasteiger partial charge >= 0.3 is 5.97 Å². The van der Waals surface area contributed by atoms with E-state index in [9.17, 15) is 4.79 Å². The number of halogens is 1.